The van der Waals surface area contributed by atoms with Crippen LogP contribution in [0.1, 0.15) is 26.7 Å². The molecular weight excluding hydrogens is 288 g/mol. The highest BCUT2D eigenvalue weighted by Crippen LogP contribution is 1.88. The van der Waals surface area contributed by atoms with Crippen molar-refractivity contribution in [1.29, 1.82) is 0 Å². The molecule has 0 aliphatic carbocycles. The van der Waals surface area contributed by atoms with Gasteiger partial charge in [0.2, 0.25) is 0 Å². The SMILES string of the molecule is C=CC(=O)OC.C=CC(=O)OCC.C=CC(=O)OCCCC. The first kappa shape index (κ1) is 24.6. The van der Waals surface area contributed by atoms with Gasteiger partial charge in [-0.05, 0) is 13.3 Å². The van der Waals surface area contributed by atoms with Crippen LogP contribution in [0, 0.1) is 0 Å². The smallest absolute Gasteiger partial charge is 0.330 e. The number of hydrogen-bond acceptors (Lipinski definition) is 6. The van der Waals surface area contributed by atoms with E-state index in [1.165, 1.54) is 13.2 Å². The number of carbonyl (C=O) groups excluding carboxylic acids is 3. The van der Waals surface area contributed by atoms with E-state index >= 15 is 0 Å². The van der Waals surface area contributed by atoms with Gasteiger partial charge in [0.1, 0.15) is 0 Å². The van der Waals surface area contributed by atoms with Crippen molar-refractivity contribution in [3.63, 3.8) is 0 Å². The van der Waals surface area contributed by atoms with E-state index in [1.54, 1.807) is 6.92 Å². The maximum Gasteiger partial charge on any atom is 0.330 e. The number of unbranched alkanes of at least 4 members (excludes halogenated alkanes) is 1. The van der Waals surface area contributed by atoms with Gasteiger partial charge in [-0.3, -0.25) is 0 Å². The average Bonchev–Trinajstić information content (AvgIpc) is 2.55. The first-order valence-electron chi connectivity index (χ1n) is 6.72. The number of methoxy groups -OCH3 is 1. The molecule has 0 rings (SSSR count). The van der Waals surface area contributed by atoms with Crippen LogP contribution in [0.5, 0.6) is 0 Å². The predicted octanol–water partition coefficient (Wildman–Crippen LogP) is 2.60. The van der Waals surface area contributed by atoms with Gasteiger partial charge in [0.05, 0.1) is 20.3 Å². The predicted molar refractivity (Wildman–Crippen MR) is 85.1 cm³/mol. The minimum absolute atomic E-state index is 0.330. The lowest BCUT2D eigenvalue weighted by molar-refractivity contribution is -0.138. The number of ether oxygens (including phenoxy) is 3. The maximum absolute atomic E-state index is 10.3. The summed E-state index contributed by atoms with van der Waals surface area (Å²) in [6, 6.07) is 0. The van der Waals surface area contributed by atoms with Gasteiger partial charge in [-0.1, -0.05) is 33.1 Å². The van der Waals surface area contributed by atoms with Gasteiger partial charge in [0.25, 0.3) is 0 Å². The van der Waals surface area contributed by atoms with Gasteiger partial charge >= 0.3 is 17.9 Å². The van der Waals surface area contributed by atoms with E-state index in [4.69, 9.17) is 0 Å². The molecule has 0 bridgehead atoms. The Bertz CT molecular complexity index is 347. The fraction of sp³-hybridized carbons (Fsp3) is 0.438. The van der Waals surface area contributed by atoms with E-state index in [-0.39, 0.29) is 11.9 Å². The summed E-state index contributed by atoms with van der Waals surface area (Å²) in [6.07, 6.45) is 5.41. The zero-order valence-electron chi connectivity index (χ0n) is 13.6. The lowest BCUT2D eigenvalue weighted by Gasteiger charge is -1.97. The van der Waals surface area contributed by atoms with Crippen molar-refractivity contribution < 1.29 is 28.6 Å². The van der Waals surface area contributed by atoms with E-state index in [1.807, 2.05) is 6.92 Å². The third-order valence-corrected chi connectivity index (χ3v) is 1.73. The van der Waals surface area contributed by atoms with Crippen LogP contribution in [0.3, 0.4) is 0 Å². The Morgan fingerprint density at radius 1 is 0.864 bits per heavy atom. The molecule has 0 fully saturated rings. The molecule has 6 heteroatoms. The van der Waals surface area contributed by atoms with E-state index in [2.05, 4.69) is 33.9 Å². The molecule has 126 valence electrons. The largest absolute Gasteiger partial charge is 0.466 e. The van der Waals surface area contributed by atoms with Crippen LogP contribution in [0.2, 0.25) is 0 Å². The lowest BCUT2D eigenvalue weighted by atomic mass is 10.4. The second-order valence-electron chi connectivity index (χ2n) is 3.41. The molecule has 0 unspecified atom stereocenters. The minimum atomic E-state index is -0.394. The van der Waals surface area contributed by atoms with Crippen molar-refractivity contribution in [2.75, 3.05) is 20.3 Å². The van der Waals surface area contributed by atoms with Crippen LogP contribution in [0.15, 0.2) is 38.0 Å². The molecule has 0 aromatic heterocycles. The first-order chi connectivity index (χ1) is 10.4. The molecule has 22 heavy (non-hydrogen) atoms. The van der Waals surface area contributed by atoms with Crippen molar-refractivity contribution in [2.45, 2.75) is 26.7 Å². The molecule has 0 atom stereocenters. The Labute approximate surface area is 132 Å². The molecule has 0 saturated heterocycles. The van der Waals surface area contributed by atoms with Crippen LogP contribution >= 0.6 is 0 Å². The molecule has 6 nitrogen and oxygen atoms in total. The summed E-state index contributed by atoms with van der Waals surface area (Å²) in [5.41, 5.74) is 0. The molecule has 0 saturated carbocycles. The van der Waals surface area contributed by atoms with Crippen LogP contribution in [-0.2, 0) is 28.6 Å². The summed E-state index contributed by atoms with van der Waals surface area (Å²) < 4.78 is 13.3. The van der Waals surface area contributed by atoms with Gasteiger partial charge in [-0.15, -0.1) is 0 Å². The number of esters is 3. The number of hydrogen-bond donors (Lipinski definition) is 0. The lowest BCUT2D eigenvalue weighted by Crippen LogP contribution is -2.00. The summed E-state index contributed by atoms with van der Waals surface area (Å²) in [5, 5.41) is 0. The molecule has 0 radical (unpaired) electrons. The monoisotopic (exact) mass is 314 g/mol. The Balaban J connectivity index is -0.000000252. The molecule has 0 heterocycles. The summed E-state index contributed by atoms with van der Waals surface area (Å²) >= 11 is 0. The first-order valence-corrected chi connectivity index (χ1v) is 6.72. The van der Waals surface area contributed by atoms with E-state index in [0.717, 1.165) is 25.0 Å². The van der Waals surface area contributed by atoms with Gasteiger partial charge in [-0.2, -0.15) is 0 Å². The quantitative estimate of drug-likeness (QED) is 0.311. The second kappa shape index (κ2) is 20.9. The highest BCUT2D eigenvalue weighted by molar-refractivity contribution is 5.81. The van der Waals surface area contributed by atoms with Crippen LogP contribution in [0.4, 0.5) is 0 Å². The summed E-state index contributed by atoms with van der Waals surface area (Å²) in [6.45, 7) is 14.4. The molecule has 0 aromatic rings. The minimum Gasteiger partial charge on any atom is -0.466 e. The van der Waals surface area contributed by atoms with E-state index in [9.17, 15) is 14.4 Å². The highest BCUT2D eigenvalue weighted by atomic mass is 16.5. The molecule has 0 aromatic carbocycles. The normalized spacial score (nSPS) is 7.77. The topological polar surface area (TPSA) is 78.9 Å². The van der Waals surface area contributed by atoms with E-state index in [0.29, 0.717) is 13.2 Å². The summed E-state index contributed by atoms with van der Waals surface area (Å²) in [4.78, 5) is 30.3. The van der Waals surface area contributed by atoms with Crippen LogP contribution in [0.25, 0.3) is 0 Å². The number of carbonyl (C=O) groups is 3. The Kier molecular flexibility index (Phi) is 23.4. The van der Waals surface area contributed by atoms with Crippen molar-refractivity contribution in [3.05, 3.63) is 38.0 Å². The fourth-order valence-corrected chi connectivity index (χ4v) is 0.661. The third-order valence-electron chi connectivity index (χ3n) is 1.73. The fourth-order valence-electron chi connectivity index (χ4n) is 0.661. The second-order valence-corrected chi connectivity index (χ2v) is 3.41. The van der Waals surface area contributed by atoms with Gasteiger partial charge in [0, 0.05) is 18.2 Å². The average molecular weight is 314 g/mol. The molecule has 0 N–H and O–H groups in total. The molecule has 0 aliphatic rings. The molecule has 0 aliphatic heterocycles. The number of rotatable bonds is 7. The molecular formula is C16H26O6. The highest BCUT2D eigenvalue weighted by Gasteiger charge is 1.91. The summed E-state index contributed by atoms with van der Waals surface area (Å²) in [5.74, 6) is -1.08. The summed E-state index contributed by atoms with van der Waals surface area (Å²) in [7, 11) is 1.31. The Hall–Kier alpha value is -2.37. The van der Waals surface area contributed by atoms with Crippen molar-refractivity contribution >= 4 is 17.9 Å². The van der Waals surface area contributed by atoms with E-state index < -0.39 is 5.97 Å². The standard InChI is InChI=1S/C7H12O2.C5H8O2.C4H6O2/c1-3-5-6-9-7(8)4-2;1-3-5(6)7-4-2;1-3-4(5)6-2/h4H,2-3,5-6H2,1H3;3H,1,4H2,2H3;3H,1H2,2H3. The Morgan fingerprint density at radius 2 is 1.32 bits per heavy atom. The van der Waals surface area contributed by atoms with Crippen molar-refractivity contribution in [3.8, 4) is 0 Å². The zero-order valence-corrected chi connectivity index (χ0v) is 13.6. The Morgan fingerprint density at radius 3 is 1.55 bits per heavy atom. The molecule has 0 amide bonds. The third kappa shape index (κ3) is 26.2. The van der Waals surface area contributed by atoms with Gasteiger partial charge < -0.3 is 14.2 Å². The zero-order chi connectivity index (χ0) is 17.8. The van der Waals surface area contributed by atoms with Crippen molar-refractivity contribution in [2.24, 2.45) is 0 Å². The van der Waals surface area contributed by atoms with Gasteiger partial charge in [0.15, 0.2) is 0 Å². The van der Waals surface area contributed by atoms with Gasteiger partial charge in [-0.25, -0.2) is 14.4 Å². The van der Waals surface area contributed by atoms with Crippen LogP contribution in [-0.4, -0.2) is 38.2 Å². The molecule has 0 spiro atoms. The van der Waals surface area contributed by atoms with Crippen molar-refractivity contribution in [1.82, 2.24) is 0 Å². The maximum atomic E-state index is 10.3. The van der Waals surface area contributed by atoms with Crippen LogP contribution < -0.4 is 0 Å².